The molecular weight excluding hydrogens is 227 g/mol. The van der Waals surface area contributed by atoms with Crippen molar-refractivity contribution in [3.05, 3.63) is 29.8 Å². The number of rotatable bonds is 6. The maximum Gasteiger partial charge on any atom is 0.255 e. The first-order chi connectivity index (χ1) is 8.15. The molecule has 1 atom stereocenters. The number of methoxy groups -OCH3 is 1. The lowest BCUT2D eigenvalue weighted by molar-refractivity contribution is 0.0587. The molecule has 1 amide bonds. The van der Waals surface area contributed by atoms with E-state index in [4.69, 9.17) is 4.74 Å². The lowest BCUT2D eigenvalue weighted by Crippen LogP contribution is -2.29. The van der Waals surface area contributed by atoms with Crippen LogP contribution in [0.4, 0.5) is 4.39 Å². The number of aliphatic hydroxyl groups excluding tert-OH is 1. The Morgan fingerprint density at radius 2 is 2.47 bits per heavy atom. The predicted octanol–water partition coefficient (Wildman–Crippen LogP) is 0.348. The molecule has 6 heteroatoms. The summed E-state index contributed by atoms with van der Waals surface area (Å²) >= 11 is 0. The fraction of sp³-hybridized carbons (Fsp3) is 0.455. The van der Waals surface area contributed by atoms with E-state index in [-0.39, 0.29) is 18.7 Å². The largest absolute Gasteiger partial charge is 0.391 e. The van der Waals surface area contributed by atoms with Crippen LogP contribution in [0.3, 0.4) is 0 Å². The van der Waals surface area contributed by atoms with Crippen LogP contribution in [-0.4, -0.2) is 42.4 Å². The van der Waals surface area contributed by atoms with Gasteiger partial charge >= 0.3 is 0 Å². The quantitative estimate of drug-likeness (QED) is 0.706. The first-order valence-electron chi connectivity index (χ1n) is 5.21. The average Bonchev–Trinajstić information content (AvgIpc) is 2.29. The van der Waals surface area contributed by atoms with Gasteiger partial charge in [-0.25, -0.2) is 4.98 Å². The van der Waals surface area contributed by atoms with E-state index in [9.17, 15) is 14.3 Å². The van der Waals surface area contributed by atoms with Crippen LogP contribution in [0, 0.1) is 5.95 Å². The van der Waals surface area contributed by atoms with Gasteiger partial charge in [-0.1, -0.05) is 0 Å². The van der Waals surface area contributed by atoms with Crippen molar-refractivity contribution in [2.24, 2.45) is 0 Å². The lowest BCUT2D eigenvalue weighted by Gasteiger charge is -2.10. The minimum atomic E-state index is -0.803. The number of hydrogen-bond donors (Lipinski definition) is 2. The van der Waals surface area contributed by atoms with Crippen molar-refractivity contribution in [1.29, 1.82) is 0 Å². The average molecular weight is 242 g/mol. The molecule has 1 aromatic heterocycles. The van der Waals surface area contributed by atoms with Gasteiger partial charge in [0.2, 0.25) is 5.95 Å². The Bertz CT molecular complexity index is 373. The van der Waals surface area contributed by atoms with Crippen LogP contribution in [0.1, 0.15) is 16.8 Å². The molecule has 0 spiro atoms. The summed E-state index contributed by atoms with van der Waals surface area (Å²) < 4.78 is 17.8. The number of aromatic nitrogens is 1. The summed E-state index contributed by atoms with van der Waals surface area (Å²) in [6.45, 7) is 0.453. The van der Waals surface area contributed by atoms with Crippen molar-refractivity contribution in [2.75, 3.05) is 20.3 Å². The number of carbonyl (C=O) groups excluding carboxylic acids is 1. The number of hydrogen-bond acceptors (Lipinski definition) is 4. The van der Waals surface area contributed by atoms with Crippen LogP contribution in [0.25, 0.3) is 0 Å². The third-order valence-corrected chi connectivity index (χ3v) is 2.13. The fourth-order valence-corrected chi connectivity index (χ4v) is 1.28. The first-order valence-corrected chi connectivity index (χ1v) is 5.21. The Morgan fingerprint density at radius 1 is 1.71 bits per heavy atom. The second kappa shape index (κ2) is 6.93. The standard InChI is InChI=1S/C11H15FN2O3/c1-17-7-8(15)4-6-14-11(16)9-3-2-5-13-10(9)12/h2-3,5,8,15H,4,6-7H2,1H3,(H,14,16). The zero-order valence-electron chi connectivity index (χ0n) is 9.52. The van der Waals surface area contributed by atoms with Gasteiger partial charge in [0.25, 0.3) is 5.91 Å². The predicted molar refractivity (Wildman–Crippen MR) is 59.0 cm³/mol. The van der Waals surface area contributed by atoms with Crippen LogP contribution in [0.15, 0.2) is 18.3 Å². The van der Waals surface area contributed by atoms with Crippen LogP contribution in [-0.2, 0) is 4.74 Å². The van der Waals surface area contributed by atoms with E-state index in [1.54, 1.807) is 0 Å². The molecule has 0 aromatic carbocycles. The number of carbonyl (C=O) groups is 1. The number of nitrogens with zero attached hydrogens (tertiary/aromatic N) is 1. The molecule has 17 heavy (non-hydrogen) atoms. The molecule has 1 aromatic rings. The molecule has 94 valence electrons. The normalized spacial score (nSPS) is 12.2. The van der Waals surface area contributed by atoms with Gasteiger partial charge in [0.1, 0.15) is 0 Å². The van der Waals surface area contributed by atoms with Crippen LogP contribution in [0.2, 0.25) is 0 Å². The third kappa shape index (κ3) is 4.46. The van der Waals surface area contributed by atoms with E-state index in [1.165, 1.54) is 25.4 Å². The van der Waals surface area contributed by atoms with E-state index >= 15 is 0 Å². The highest BCUT2D eigenvalue weighted by Gasteiger charge is 2.11. The monoisotopic (exact) mass is 242 g/mol. The Kier molecular flexibility index (Phi) is 5.51. The van der Waals surface area contributed by atoms with Crippen molar-refractivity contribution >= 4 is 5.91 Å². The Hall–Kier alpha value is -1.53. The van der Waals surface area contributed by atoms with Crippen LogP contribution in [0.5, 0.6) is 0 Å². The van der Waals surface area contributed by atoms with Gasteiger partial charge in [0, 0.05) is 19.9 Å². The molecular formula is C11H15FN2O3. The molecule has 2 N–H and O–H groups in total. The van der Waals surface area contributed by atoms with Crippen LogP contribution < -0.4 is 5.32 Å². The summed E-state index contributed by atoms with van der Waals surface area (Å²) in [5.74, 6) is -1.34. The van der Waals surface area contributed by atoms with Crippen molar-refractivity contribution in [1.82, 2.24) is 10.3 Å². The highest BCUT2D eigenvalue weighted by Crippen LogP contribution is 2.02. The fourth-order valence-electron chi connectivity index (χ4n) is 1.28. The Morgan fingerprint density at radius 3 is 3.12 bits per heavy atom. The van der Waals surface area contributed by atoms with E-state index in [0.29, 0.717) is 6.42 Å². The number of aliphatic hydroxyl groups is 1. The molecule has 1 heterocycles. The van der Waals surface area contributed by atoms with Crippen molar-refractivity contribution in [2.45, 2.75) is 12.5 Å². The molecule has 0 aliphatic heterocycles. The van der Waals surface area contributed by atoms with Crippen molar-refractivity contribution in [3.63, 3.8) is 0 Å². The molecule has 0 aliphatic rings. The van der Waals surface area contributed by atoms with Gasteiger partial charge in [-0.15, -0.1) is 0 Å². The summed E-state index contributed by atoms with van der Waals surface area (Å²) in [5, 5.41) is 11.8. The molecule has 5 nitrogen and oxygen atoms in total. The smallest absolute Gasteiger partial charge is 0.255 e. The third-order valence-electron chi connectivity index (χ3n) is 2.13. The van der Waals surface area contributed by atoms with E-state index in [0.717, 1.165) is 0 Å². The van der Waals surface area contributed by atoms with Crippen molar-refractivity contribution < 1.29 is 19.0 Å². The molecule has 0 fully saturated rings. The molecule has 1 unspecified atom stereocenters. The molecule has 1 rings (SSSR count). The molecule has 0 radical (unpaired) electrons. The second-order valence-electron chi connectivity index (χ2n) is 3.50. The number of ether oxygens (including phenoxy) is 1. The number of nitrogens with one attached hydrogen (secondary N) is 1. The summed E-state index contributed by atoms with van der Waals surface area (Å²) in [6, 6.07) is 2.83. The molecule has 0 bridgehead atoms. The van der Waals surface area contributed by atoms with E-state index in [2.05, 4.69) is 10.3 Å². The Labute approximate surface area is 98.6 Å². The lowest BCUT2D eigenvalue weighted by atomic mass is 10.2. The highest BCUT2D eigenvalue weighted by atomic mass is 19.1. The molecule has 0 saturated carbocycles. The summed E-state index contributed by atoms with van der Waals surface area (Å²) in [7, 11) is 1.48. The maximum atomic E-state index is 13.1. The summed E-state index contributed by atoms with van der Waals surface area (Å²) in [4.78, 5) is 14.9. The topological polar surface area (TPSA) is 71.5 Å². The minimum Gasteiger partial charge on any atom is -0.391 e. The van der Waals surface area contributed by atoms with Gasteiger partial charge in [-0.05, 0) is 18.6 Å². The van der Waals surface area contributed by atoms with Crippen molar-refractivity contribution in [3.8, 4) is 0 Å². The summed E-state index contributed by atoms with van der Waals surface area (Å²) in [5.41, 5.74) is -0.103. The van der Waals surface area contributed by atoms with E-state index in [1.807, 2.05) is 0 Å². The van der Waals surface area contributed by atoms with E-state index < -0.39 is 18.0 Å². The number of pyridine rings is 1. The summed E-state index contributed by atoms with van der Waals surface area (Å²) in [6.07, 6.45) is 0.981. The van der Waals surface area contributed by atoms with Gasteiger partial charge in [-0.2, -0.15) is 4.39 Å². The minimum absolute atomic E-state index is 0.103. The zero-order chi connectivity index (χ0) is 12.7. The zero-order valence-corrected chi connectivity index (χ0v) is 9.52. The van der Waals surface area contributed by atoms with Gasteiger partial charge < -0.3 is 15.2 Å². The Balaban J connectivity index is 2.38. The second-order valence-corrected chi connectivity index (χ2v) is 3.50. The number of amides is 1. The van der Waals surface area contributed by atoms with Gasteiger partial charge in [-0.3, -0.25) is 4.79 Å². The van der Waals surface area contributed by atoms with Gasteiger partial charge in [0.05, 0.1) is 18.3 Å². The SMILES string of the molecule is COCC(O)CCNC(=O)c1cccnc1F. The number of halogens is 1. The molecule has 0 saturated heterocycles. The highest BCUT2D eigenvalue weighted by molar-refractivity contribution is 5.94. The van der Waals surface area contributed by atoms with Gasteiger partial charge in [0.15, 0.2) is 0 Å². The maximum absolute atomic E-state index is 13.1. The first kappa shape index (κ1) is 13.5. The molecule has 0 aliphatic carbocycles. The van der Waals surface area contributed by atoms with Crippen LogP contribution >= 0.6 is 0 Å².